The van der Waals surface area contributed by atoms with Gasteiger partial charge in [-0.15, -0.1) is 11.8 Å². The fraction of sp³-hybridized carbons (Fsp3) is 0.556. The van der Waals surface area contributed by atoms with E-state index in [4.69, 9.17) is 0 Å². The van der Waals surface area contributed by atoms with E-state index in [9.17, 15) is 14.7 Å². The summed E-state index contributed by atoms with van der Waals surface area (Å²) >= 11 is 1.55. The molecular formula is C18H23NO3S. The minimum atomic E-state index is -0.898. The van der Waals surface area contributed by atoms with Crippen LogP contribution in [0.2, 0.25) is 0 Å². The zero-order valence-electron chi connectivity index (χ0n) is 13.2. The van der Waals surface area contributed by atoms with Crippen molar-refractivity contribution >= 4 is 23.6 Å². The number of nitrogens with zero attached hydrogens (tertiary/aromatic N) is 1. The molecule has 124 valence electrons. The Kier molecular flexibility index (Phi) is 5.26. The summed E-state index contributed by atoms with van der Waals surface area (Å²) < 4.78 is 0. The molecule has 0 spiro atoms. The van der Waals surface area contributed by atoms with Gasteiger partial charge in [-0.3, -0.25) is 4.79 Å². The quantitative estimate of drug-likeness (QED) is 0.893. The van der Waals surface area contributed by atoms with Gasteiger partial charge in [0.2, 0.25) is 5.91 Å². The number of aliphatic carboxylic acids is 1. The predicted molar refractivity (Wildman–Crippen MR) is 91.1 cm³/mol. The van der Waals surface area contributed by atoms with E-state index in [0.29, 0.717) is 18.1 Å². The van der Waals surface area contributed by atoms with E-state index in [1.807, 2.05) is 30.3 Å². The molecule has 1 heterocycles. The van der Waals surface area contributed by atoms with E-state index >= 15 is 0 Å². The number of amides is 1. The number of thioether (sulfide) groups is 1. The first-order valence-electron chi connectivity index (χ1n) is 8.37. The number of carbonyl (C=O) groups is 2. The Morgan fingerprint density at radius 2 is 1.87 bits per heavy atom. The zero-order valence-corrected chi connectivity index (χ0v) is 14.0. The Balaban J connectivity index is 1.72. The smallest absolute Gasteiger partial charge is 0.327 e. The molecule has 2 aliphatic rings. The standard InChI is InChI=1S/C18H23NO3S/c20-16(11-10-13-6-4-5-7-13)19-15(18(21)22)12-23-17(19)14-8-2-1-3-9-14/h1-3,8-9,13,15,17H,4-7,10-12H2,(H,21,22). The van der Waals surface area contributed by atoms with E-state index in [-0.39, 0.29) is 11.3 Å². The maximum atomic E-state index is 12.7. The van der Waals surface area contributed by atoms with Crippen molar-refractivity contribution in [3.05, 3.63) is 35.9 Å². The molecule has 2 atom stereocenters. The lowest BCUT2D eigenvalue weighted by Crippen LogP contribution is -2.43. The lowest BCUT2D eigenvalue weighted by Gasteiger charge is -2.28. The van der Waals surface area contributed by atoms with Crippen molar-refractivity contribution in [3.8, 4) is 0 Å². The second-order valence-corrected chi connectivity index (χ2v) is 7.55. The Hall–Kier alpha value is -1.49. The second kappa shape index (κ2) is 7.39. The normalized spacial score (nSPS) is 25.0. The highest BCUT2D eigenvalue weighted by Crippen LogP contribution is 2.42. The summed E-state index contributed by atoms with van der Waals surface area (Å²) in [6.45, 7) is 0. The van der Waals surface area contributed by atoms with Gasteiger partial charge in [0.05, 0.1) is 0 Å². The van der Waals surface area contributed by atoms with E-state index in [2.05, 4.69) is 0 Å². The van der Waals surface area contributed by atoms with Gasteiger partial charge in [-0.1, -0.05) is 56.0 Å². The molecule has 1 aliphatic heterocycles. The fourth-order valence-corrected chi connectivity index (χ4v) is 5.07. The second-order valence-electron chi connectivity index (χ2n) is 6.44. The molecule has 1 aliphatic carbocycles. The zero-order chi connectivity index (χ0) is 16.2. The molecule has 4 nitrogen and oxygen atoms in total. The largest absolute Gasteiger partial charge is 0.480 e. The van der Waals surface area contributed by atoms with Gasteiger partial charge in [-0.05, 0) is 17.9 Å². The summed E-state index contributed by atoms with van der Waals surface area (Å²) in [6, 6.07) is 9.04. The van der Waals surface area contributed by atoms with Gasteiger partial charge >= 0.3 is 5.97 Å². The van der Waals surface area contributed by atoms with E-state index in [0.717, 1.165) is 12.0 Å². The van der Waals surface area contributed by atoms with Gasteiger partial charge in [0.15, 0.2) is 0 Å². The molecule has 1 saturated heterocycles. The summed E-state index contributed by atoms with van der Waals surface area (Å²) in [7, 11) is 0. The minimum absolute atomic E-state index is 0.0110. The lowest BCUT2D eigenvalue weighted by atomic mass is 10.0. The highest BCUT2D eigenvalue weighted by atomic mass is 32.2. The Morgan fingerprint density at radius 3 is 2.52 bits per heavy atom. The molecule has 3 rings (SSSR count). The Bertz CT molecular complexity index is 557. The van der Waals surface area contributed by atoms with Gasteiger partial charge in [-0.25, -0.2) is 4.79 Å². The number of carbonyl (C=O) groups excluding carboxylic acids is 1. The Morgan fingerprint density at radius 1 is 1.17 bits per heavy atom. The van der Waals surface area contributed by atoms with Crippen LogP contribution in [0.5, 0.6) is 0 Å². The molecule has 0 bridgehead atoms. The fourth-order valence-electron chi connectivity index (χ4n) is 3.63. The molecule has 5 heteroatoms. The average Bonchev–Trinajstić information content (AvgIpc) is 3.22. The first-order valence-corrected chi connectivity index (χ1v) is 9.42. The van der Waals surface area contributed by atoms with Crippen molar-refractivity contribution in [1.29, 1.82) is 0 Å². The van der Waals surface area contributed by atoms with E-state index < -0.39 is 12.0 Å². The number of hydrogen-bond donors (Lipinski definition) is 1. The maximum absolute atomic E-state index is 12.7. The van der Waals surface area contributed by atoms with Crippen molar-refractivity contribution < 1.29 is 14.7 Å². The third-order valence-corrected chi connectivity index (χ3v) is 6.22. The summed E-state index contributed by atoms with van der Waals surface area (Å²) in [6.07, 6.45) is 6.33. The van der Waals surface area contributed by atoms with E-state index in [1.165, 1.54) is 25.7 Å². The van der Waals surface area contributed by atoms with Gasteiger partial charge in [-0.2, -0.15) is 0 Å². The summed E-state index contributed by atoms with van der Waals surface area (Å²) in [5, 5.41) is 9.30. The molecular weight excluding hydrogens is 310 g/mol. The molecule has 1 aromatic carbocycles. The van der Waals surface area contributed by atoms with Crippen molar-refractivity contribution in [1.82, 2.24) is 4.90 Å². The van der Waals surface area contributed by atoms with Crippen molar-refractivity contribution in [2.45, 2.75) is 49.9 Å². The molecule has 2 unspecified atom stereocenters. The third-order valence-electron chi connectivity index (χ3n) is 4.90. The molecule has 1 saturated carbocycles. The number of carboxylic acids is 1. The molecule has 23 heavy (non-hydrogen) atoms. The van der Waals surface area contributed by atoms with Gasteiger partial charge in [0.25, 0.3) is 0 Å². The van der Waals surface area contributed by atoms with Gasteiger partial charge in [0.1, 0.15) is 11.4 Å². The van der Waals surface area contributed by atoms with Crippen molar-refractivity contribution in [3.63, 3.8) is 0 Å². The lowest BCUT2D eigenvalue weighted by molar-refractivity contribution is -0.149. The Labute approximate surface area is 141 Å². The summed E-state index contributed by atoms with van der Waals surface area (Å²) in [4.78, 5) is 25.9. The van der Waals surface area contributed by atoms with Crippen LogP contribution in [0.3, 0.4) is 0 Å². The SMILES string of the molecule is O=C(O)C1CSC(c2ccccc2)N1C(=O)CCC1CCCC1. The van der Waals surface area contributed by atoms with Crippen LogP contribution in [0.4, 0.5) is 0 Å². The van der Waals surface area contributed by atoms with Crippen LogP contribution in [0, 0.1) is 5.92 Å². The number of benzene rings is 1. The first kappa shape index (κ1) is 16.4. The van der Waals surface area contributed by atoms with Gasteiger partial charge in [0, 0.05) is 12.2 Å². The number of carboxylic acid groups (broad SMARTS) is 1. The minimum Gasteiger partial charge on any atom is -0.480 e. The topological polar surface area (TPSA) is 57.6 Å². The highest BCUT2D eigenvalue weighted by Gasteiger charge is 2.42. The van der Waals surface area contributed by atoms with Crippen LogP contribution in [0.15, 0.2) is 30.3 Å². The predicted octanol–water partition coefficient (Wildman–Crippen LogP) is 3.68. The number of rotatable bonds is 5. The number of hydrogen-bond acceptors (Lipinski definition) is 3. The summed E-state index contributed by atoms with van der Waals surface area (Å²) in [5.74, 6) is 0.199. The molecule has 1 N–H and O–H groups in total. The van der Waals surface area contributed by atoms with Crippen LogP contribution in [0.25, 0.3) is 0 Å². The third kappa shape index (κ3) is 3.71. The van der Waals surface area contributed by atoms with Crippen LogP contribution in [-0.2, 0) is 9.59 Å². The molecule has 1 aromatic rings. The highest BCUT2D eigenvalue weighted by molar-refractivity contribution is 7.99. The van der Waals surface area contributed by atoms with Crippen LogP contribution >= 0.6 is 11.8 Å². The van der Waals surface area contributed by atoms with E-state index in [1.54, 1.807) is 16.7 Å². The average molecular weight is 333 g/mol. The molecule has 1 amide bonds. The van der Waals surface area contributed by atoms with Crippen LogP contribution in [0.1, 0.15) is 49.5 Å². The summed E-state index contributed by atoms with van der Waals surface area (Å²) in [5.41, 5.74) is 1.01. The van der Waals surface area contributed by atoms with Crippen molar-refractivity contribution in [2.75, 3.05) is 5.75 Å². The van der Waals surface area contributed by atoms with Crippen LogP contribution in [-0.4, -0.2) is 33.7 Å². The maximum Gasteiger partial charge on any atom is 0.327 e. The van der Waals surface area contributed by atoms with Crippen LogP contribution < -0.4 is 0 Å². The van der Waals surface area contributed by atoms with Crippen molar-refractivity contribution in [2.24, 2.45) is 5.92 Å². The molecule has 0 radical (unpaired) electrons. The molecule has 2 fully saturated rings. The first-order chi connectivity index (χ1) is 11.2. The monoisotopic (exact) mass is 333 g/mol. The molecule has 0 aromatic heterocycles. The van der Waals surface area contributed by atoms with Gasteiger partial charge < -0.3 is 10.0 Å².